The number of ether oxygens (including phenoxy) is 1. The topological polar surface area (TPSA) is 30.3 Å². The Hall–Kier alpha value is -2.07. The summed E-state index contributed by atoms with van der Waals surface area (Å²) in [5.74, 6) is 1.96. The molecule has 0 atom stereocenters. The first-order chi connectivity index (χ1) is 11.2. The van der Waals surface area contributed by atoms with Crippen LogP contribution in [0.15, 0.2) is 43.2 Å². The highest BCUT2D eigenvalue weighted by molar-refractivity contribution is 5.60. The van der Waals surface area contributed by atoms with Crippen LogP contribution in [-0.4, -0.2) is 41.7 Å². The predicted molar refractivity (Wildman–Crippen MR) is 93.9 cm³/mol. The molecule has 1 aromatic heterocycles. The fourth-order valence-electron chi connectivity index (χ4n) is 3.34. The number of imidazole rings is 1. The van der Waals surface area contributed by atoms with Gasteiger partial charge in [0, 0.05) is 24.0 Å². The molecular formula is C19H25N3O. The number of methoxy groups -OCH3 is 1. The van der Waals surface area contributed by atoms with Crippen LogP contribution in [0.25, 0.3) is 11.4 Å². The highest BCUT2D eigenvalue weighted by Gasteiger charge is 2.21. The summed E-state index contributed by atoms with van der Waals surface area (Å²) in [6, 6.07) is 6.84. The summed E-state index contributed by atoms with van der Waals surface area (Å²) >= 11 is 0. The molecule has 23 heavy (non-hydrogen) atoms. The van der Waals surface area contributed by atoms with Crippen LogP contribution in [-0.2, 0) is 6.42 Å². The van der Waals surface area contributed by atoms with Crippen molar-refractivity contribution < 1.29 is 4.74 Å². The minimum atomic E-state index is 0.536. The van der Waals surface area contributed by atoms with Crippen molar-refractivity contribution in [1.82, 2.24) is 14.5 Å². The molecule has 3 rings (SSSR count). The molecule has 0 radical (unpaired) electrons. The van der Waals surface area contributed by atoms with Crippen molar-refractivity contribution in [2.45, 2.75) is 25.3 Å². The van der Waals surface area contributed by atoms with Crippen molar-refractivity contribution in [3.63, 3.8) is 0 Å². The van der Waals surface area contributed by atoms with E-state index < -0.39 is 0 Å². The summed E-state index contributed by atoms with van der Waals surface area (Å²) in [5, 5.41) is 0. The minimum Gasteiger partial charge on any atom is -0.496 e. The van der Waals surface area contributed by atoms with Gasteiger partial charge < -0.3 is 14.2 Å². The van der Waals surface area contributed by atoms with Gasteiger partial charge in [0.1, 0.15) is 11.6 Å². The molecule has 2 aromatic rings. The lowest BCUT2D eigenvalue weighted by Crippen LogP contribution is -2.31. The van der Waals surface area contributed by atoms with Crippen molar-refractivity contribution >= 4 is 0 Å². The maximum Gasteiger partial charge on any atom is 0.140 e. The number of hydrogen-bond donors (Lipinski definition) is 0. The minimum absolute atomic E-state index is 0.536. The molecule has 1 saturated heterocycles. The summed E-state index contributed by atoms with van der Waals surface area (Å²) in [7, 11) is 3.90. The van der Waals surface area contributed by atoms with Crippen LogP contribution in [0, 0.1) is 0 Å². The highest BCUT2D eigenvalue weighted by Crippen LogP contribution is 2.30. The van der Waals surface area contributed by atoms with Crippen molar-refractivity contribution in [1.29, 1.82) is 0 Å². The number of benzene rings is 1. The number of aromatic nitrogens is 2. The Morgan fingerprint density at radius 2 is 2.13 bits per heavy atom. The third-order valence-electron chi connectivity index (χ3n) is 4.65. The second-order valence-corrected chi connectivity index (χ2v) is 6.21. The lowest BCUT2D eigenvalue weighted by Gasteiger charge is -2.30. The van der Waals surface area contributed by atoms with E-state index in [0.29, 0.717) is 6.04 Å². The van der Waals surface area contributed by atoms with E-state index in [0.717, 1.165) is 42.2 Å². The molecule has 0 amide bonds. The molecule has 122 valence electrons. The van der Waals surface area contributed by atoms with Gasteiger partial charge in [-0.15, -0.1) is 6.58 Å². The zero-order valence-electron chi connectivity index (χ0n) is 14.0. The summed E-state index contributed by atoms with van der Waals surface area (Å²) in [6.07, 6.45) is 9.08. The molecule has 4 nitrogen and oxygen atoms in total. The zero-order valence-corrected chi connectivity index (χ0v) is 14.0. The average molecular weight is 311 g/mol. The Labute approximate surface area is 138 Å². The molecule has 0 unspecified atom stereocenters. The molecule has 0 spiro atoms. The van der Waals surface area contributed by atoms with Gasteiger partial charge in [0.25, 0.3) is 0 Å². The van der Waals surface area contributed by atoms with Crippen LogP contribution in [0.2, 0.25) is 0 Å². The van der Waals surface area contributed by atoms with Crippen LogP contribution >= 0.6 is 0 Å². The Morgan fingerprint density at radius 1 is 1.35 bits per heavy atom. The third-order valence-corrected chi connectivity index (χ3v) is 4.65. The molecule has 2 heterocycles. The summed E-state index contributed by atoms with van der Waals surface area (Å²) < 4.78 is 7.79. The quantitative estimate of drug-likeness (QED) is 0.791. The van der Waals surface area contributed by atoms with Crippen molar-refractivity contribution in [2.24, 2.45) is 0 Å². The van der Waals surface area contributed by atoms with Gasteiger partial charge in [-0.05, 0) is 63.2 Å². The first-order valence-corrected chi connectivity index (χ1v) is 8.22. The molecule has 1 aliphatic heterocycles. The van der Waals surface area contributed by atoms with Crippen molar-refractivity contribution in [3.05, 3.63) is 48.8 Å². The first-order valence-electron chi connectivity index (χ1n) is 8.22. The number of likely N-dealkylation sites (tertiary alicyclic amines) is 1. The van der Waals surface area contributed by atoms with Crippen molar-refractivity contribution in [3.8, 4) is 17.1 Å². The number of piperidine rings is 1. The largest absolute Gasteiger partial charge is 0.496 e. The Balaban J connectivity index is 1.92. The predicted octanol–water partition coefficient (Wildman–Crippen LogP) is 3.55. The van der Waals surface area contributed by atoms with E-state index in [2.05, 4.69) is 46.4 Å². The maximum atomic E-state index is 5.45. The molecular weight excluding hydrogens is 286 g/mol. The summed E-state index contributed by atoms with van der Waals surface area (Å²) in [4.78, 5) is 7.01. The lowest BCUT2D eigenvalue weighted by atomic mass is 10.0. The van der Waals surface area contributed by atoms with Crippen LogP contribution in [0.1, 0.15) is 24.4 Å². The van der Waals surface area contributed by atoms with Gasteiger partial charge in [0.15, 0.2) is 0 Å². The standard InChI is InChI=1S/C19H25N3O/c1-4-5-15-14-16(6-7-18(15)23-3)19-20-10-13-22(19)17-8-11-21(2)12-9-17/h4,6-7,10,13-14,17H,1,5,8-9,11-12H2,2-3H3. The summed E-state index contributed by atoms with van der Waals surface area (Å²) in [6.45, 7) is 6.13. The fraction of sp³-hybridized carbons (Fsp3) is 0.421. The third kappa shape index (κ3) is 3.32. The van der Waals surface area contributed by atoms with E-state index in [9.17, 15) is 0 Å². The zero-order chi connectivity index (χ0) is 16.2. The van der Waals surface area contributed by atoms with Crippen LogP contribution in [0.3, 0.4) is 0 Å². The van der Waals surface area contributed by atoms with Crippen LogP contribution in [0.5, 0.6) is 5.75 Å². The van der Waals surface area contributed by atoms with Gasteiger partial charge in [-0.3, -0.25) is 0 Å². The van der Waals surface area contributed by atoms with E-state index in [1.54, 1.807) is 7.11 Å². The van der Waals surface area contributed by atoms with Gasteiger partial charge >= 0.3 is 0 Å². The van der Waals surface area contributed by atoms with Gasteiger partial charge in [-0.25, -0.2) is 4.98 Å². The second kappa shape index (κ2) is 7.01. The highest BCUT2D eigenvalue weighted by atomic mass is 16.5. The Morgan fingerprint density at radius 3 is 2.83 bits per heavy atom. The van der Waals surface area contributed by atoms with E-state index >= 15 is 0 Å². The van der Waals surface area contributed by atoms with Crippen LogP contribution in [0.4, 0.5) is 0 Å². The van der Waals surface area contributed by atoms with E-state index in [4.69, 9.17) is 4.74 Å². The molecule has 4 heteroatoms. The Bertz CT molecular complexity index is 669. The van der Waals surface area contributed by atoms with E-state index in [-0.39, 0.29) is 0 Å². The molecule has 0 aliphatic carbocycles. The molecule has 1 aliphatic rings. The first kappa shape index (κ1) is 15.8. The average Bonchev–Trinajstić information content (AvgIpc) is 3.05. The molecule has 0 saturated carbocycles. The lowest BCUT2D eigenvalue weighted by molar-refractivity contribution is 0.222. The van der Waals surface area contributed by atoms with E-state index in [1.165, 1.54) is 12.8 Å². The second-order valence-electron chi connectivity index (χ2n) is 6.21. The Kier molecular flexibility index (Phi) is 4.82. The number of hydrogen-bond acceptors (Lipinski definition) is 3. The number of nitrogens with zero attached hydrogens (tertiary/aromatic N) is 3. The molecule has 0 N–H and O–H groups in total. The summed E-state index contributed by atoms with van der Waals surface area (Å²) in [5.41, 5.74) is 2.30. The van der Waals surface area contributed by atoms with Gasteiger partial charge in [-0.1, -0.05) is 6.08 Å². The maximum absolute atomic E-state index is 5.45. The molecule has 1 fully saturated rings. The smallest absolute Gasteiger partial charge is 0.140 e. The molecule has 0 bridgehead atoms. The number of allylic oxidation sites excluding steroid dienone is 1. The van der Waals surface area contributed by atoms with Gasteiger partial charge in [0.2, 0.25) is 0 Å². The SMILES string of the molecule is C=CCc1cc(-c2nccn2C2CCN(C)CC2)ccc1OC. The normalized spacial score (nSPS) is 16.4. The van der Waals surface area contributed by atoms with Gasteiger partial charge in [0.05, 0.1) is 7.11 Å². The van der Waals surface area contributed by atoms with Crippen molar-refractivity contribution in [2.75, 3.05) is 27.2 Å². The van der Waals surface area contributed by atoms with E-state index in [1.807, 2.05) is 18.3 Å². The van der Waals surface area contributed by atoms with Gasteiger partial charge in [-0.2, -0.15) is 0 Å². The fourth-order valence-corrected chi connectivity index (χ4v) is 3.34. The van der Waals surface area contributed by atoms with Crippen LogP contribution < -0.4 is 4.74 Å². The molecule has 1 aromatic carbocycles. The number of rotatable bonds is 5. The monoisotopic (exact) mass is 311 g/mol.